The number of carbonyl (C=O) groups is 4. The molecule has 0 radical (unpaired) electrons. The summed E-state index contributed by atoms with van der Waals surface area (Å²) in [6.45, 7) is 4.76. The van der Waals surface area contributed by atoms with Crippen LogP contribution >= 0.6 is 15.6 Å². The lowest BCUT2D eigenvalue weighted by Gasteiger charge is -2.21. The number of ether oxygens (including phenoxy) is 4. The van der Waals surface area contributed by atoms with Crippen LogP contribution in [0, 0.1) is 0 Å². The van der Waals surface area contributed by atoms with Crippen LogP contribution in [0.3, 0.4) is 0 Å². The molecule has 0 aromatic carbocycles. The summed E-state index contributed by atoms with van der Waals surface area (Å²) in [7, 11) is -9.98. The topological polar surface area (TPSA) is 237 Å². The Morgan fingerprint density at radius 3 is 0.779 bits per heavy atom. The van der Waals surface area contributed by atoms with Crippen LogP contribution in [-0.2, 0) is 65.4 Å². The van der Waals surface area contributed by atoms with Gasteiger partial charge in [-0.25, -0.2) is 9.13 Å². The summed E-state index contributed by atoms with van der Waals surface area (Å²) in [5.74, 6) is -2.25. The number of allylic oxidation sites excluding steroid dienone is 16. The molecular formula is C85H150O17P2. The van der Waals surface area contributed by atoms with Crippen molar-refractivity contribution in [2.24, 2.45) is 0 Å². The maximum absolute atomic E-state index is 13.1. The summed E-state index contributed by atoms with van der Waals surface area (Å²) < 4.78 is 68.6. The molecule has 602 valence electrons. The Balaban J connectivity index is 5.41. The minimum atomic E-state index is -5.00. The molecular weight excluding hydrogens is 1350 g/mol. The van der Waals surface area contributed by atoms with E-state index in [2.05, 4.69) is 113 Å². The quantitative estimate of drug-likeness (QED) is 0.0169. The Labute approximate surface area is 633 Å². The average molecular weight is 1510 g/mol. The number of phosphoric ester groups is 2. The van der Waals surface area contributed by atoms with Crippen LogP contribution in [0.25, 0.3) is 0 Å². The first-order valence-electron chi connectivity index (χ1n) is 41.5. The average Bonchev–Trinajstić information content (AvgIpc) is 1.07. The Bertz CT molecular complexity index is 2350. The van der Waals surface area contributed by atoms with Gasteiger partial charge in [0.1, 0.15) is 19.3 Å². The monoisotopic (exact) mass is 1510 g/mol. The Morgan fingerprint density at radius 2 is 0.481 bits per heavy atom. The normalized spacial score (nSPS) is 14.3. The van der Waals surface area contributed by atoms with Crippen molar-refractivity contribution in [1.29, 1.82) is 0 Å². The van der Waals surface area contributed by atoms with E-state index in [0.29, 0.717) is 32.1 Å². The molecule has 2 unspecified atom stereocenters. The van der Waals surface area contributed by atoms with Gasteiger partial charge in [-0.2, -0.15) is 0 Å². The number of carbonyl (C=O) groups excluding carboxylic acids is 4. The van der Waals surface area contributed by atoms with E-state index in [1.165, 1.54) is 141 Å². The maximum atomic E-state index is 13.1. The molecule has 0 heterocycles. The third kappa shape index (κ3) is 76.2. The van der Waals surface area contributed by atoms with Gasteiger partial charge in [-0.3, -0.25) is 37.3 Å². The summed E-state index contributed by atoms with van der Waals surface area (Å²) in [4.78, 5) is 73.1. The fourth-order valence-electron chi connectivity index (χ4n) is 11.2. The number of rotatable bonds is 78. The van der Waals surface area contributed by atoms with Crippen LogP contribution in [0.1, 0.15) is 362 Å². The van der Waals surface area contributed by atoms with Crippen LogP contribution in [-0.4, -0.2) is 96.7 Å². The van der Waals surface area contributed by atoms with Gasteiger partial charge in [-0.05, 0) is 128 Å². The van der Waals surface area contributed by atoms with Crippen molar-refractivity contribution >= 4 is 39.5 Å². The molecule has 0 rings (SSSR count). The molecule has 0 aliphatic heterocycles. The number of phosphoric acid groups is 2. The number of unbranched alkanes of at least 4 members (excludes halogenated alkanes) is 36. The molecule has 0 saturated heterocycles. The molecule has 0 saturated carbocycles. The number of aliphatic hydroxyl groups is 1. The zero-order valence-electron chi connectivity index (χ0n) is 65.9. The molecule has 0 fully saturated rings. The number of hydrogen-bond donors (Lipinski definition) is 3. The first-order valence-corrected chi connectivity index (χ1v) is 44.5. The molecule has 0 aliphatic carbocycles. The van der Waals surface area contributed by atoms with E-state index < -0.39 is 97.5 Å². The SMILES string of the molecule is CCCCC/C=C\C/C=C\C/C=C\C/C=C\CCCC(=O)O[C@H](COC(=O)CCCCCCC/C=C\C/C=C\CCCCC)COP(=O)(O)OC[C@@H](O)COP(=O)(O)OC[C@@H](COC(=O)CCCCCCCCCCCCCCCCCCC)OC(=O)CCCCCCC/C=C\C/C=C\CCCCC. The lowest BCUT2D eigenvalue weighted by Crippen LogP contribution is -2.30. The summed E-state index contributed by atoms with van der Waals surface area (Å²) in [6, 6.07) is 0. The molecule has 3 N–H and O–H groups in total. The zero-order chi connectivity index (χ0) is 76.0. The van der Waals surface area contributed by atoms with Crippen molar-refractivity contribution < 1.29 is 80.2 Å². The van der Waals surface area contributed by atoms with E-state index >= 15 is 0 Å². The predicted octanol–water partition coefficient (Wildman–Crippen LogP) is 24.3. The zero-order valence-corrected chi connectivity index (χ0v) is 67.7. The van der Waals surface area contributed by atoms with Gasteiger partial charge in [0.05, 0.1) is 26.4 Å². The van der Waals surface area contributed by atoms with Gasteiger partial charge < -0.3 is 33.8 Å². The second-order valence-electron chi connectivity index (χ2n) is 27.7. The highest BCUT2D eigenvalue weighted by Gasteiger charge is 2.30. The largest absolute Gasteiger partial charge is 0.472 e. The second kappa shape index (κ2) is 77.1. The van der Waals surface area contributed by atoms with Gasteiger partial charge in [0.25, 0.3) is 0 Å². The Hall–Kier alpha value is -4.02. The van der Waals surface area contributed by atoms with Gasteiger partial charge in [-0.1, -0.05) is 305 Å². The minimum absolute atomic E-state index is 0.0161. The number of esters is 4. The van der Waals surface area contributed by atoms with Crippen molar-refractivity contribution in [2.75, 3.05) is 39.6 Å². The number of aliphatic hydroxyl groups excluding tert-OH is 1. The molecule has 17 nitrogen and oxygen atoms in total. The van der Waals surface area contributed by atoms with Gasteiger partial charge >= 0.3 is 39.5 Å². The Kier molecular flexibility index (Phi) is 74.2. The van der Waals surface area contributed by atoms with Crippen molar-refractivity contribution in [3.05, 3.63) is 97.2 Å². The lowest BCUT2D eigenvalue weighted by molar-refractivity contribution is -0.161. The Morgan fingerprint density at radius 1 is 0.269 bits per heavy atom. The molecule has 104 heavy (non-hydrogen) atoms. The van der Waals surface area contributed by atoms with Gasteiger partial charge in [0.15, 0.2) is 12.2 Å². The summed E-state index contributed by atoms with van der Waals surface area (Å²) in [5.41, 5.74) is 0. The summed E-state index contributed by atoms with van der Waals surface area (Å²) in [6.07, 6.45) is 82.4. The van der Waals surface area contributed by atoms with Crippen LogP contribution < -0.4 is 0 Å². The fourth-order valence-corrected chi connectivity index (χ4v) is 12.7. The lowest BCUT2D eigenvalue weighted by atomic mass is 10.0. The molecule has 19 heteroatoms. The van der Waals surface area contributed by atoms with E-state index in [4.69, 9.17) is 37.0 Å². The highest BCUT2D eigenvalue weighted by atomic mass is 31.2. The van der Waals surface area contributed by atoms with Gasteiger partial charge in [-0.15, -0.1) is 0 Å². The third-order valence-corrected chi connectivity index (χ3v) is 19.4. The highest BCUT2D eigenvalue weighted by molar-refractivity contribution is 7.47. The molecule has 0 aliphatic rings. The number of hydrogen-bond acceptors (Lipinski definition) is 15. The molecule has 0 amide bonds. The van der Waals surface area contributed by atoms with Crippen LogP contribution in [0.2, 0.25) is 0 Å². The van der Waals surface area contributed by atoms with E-state index in [0.717, 1.165) is 135 Å². The molecule has 0 bridgehead atoms. The van der Waals surface area contributed by atoms with Crippen LogP contribution in [0.15, 0.2) is 97.2 Å². The molecule has 0 aromatic rings. The molecule has 0 spiro atoms. The van der Waals surface area contributed by atoms with E-state index in [1.54, 1.807) is 0 Å². The van der Waals surface area contributed by atoms with Crippen LogP contribution in [0.5, 0.6) is 0 Å². The van der Waals surface area contributed by atoms with Gasteiger partial charge in [0, 0.05) is 25.7 Å². The molecule has 5 atom stereocenters. The van der Waals surface area contributed by atoms with Crippen molar-refractivity contribution in [3.8, 4) is 0 Å². The second-order valence-corrected chi connectivity index (χ2v) is 30.6. The van der Waals surface area contributed by atoms with E-state index in [-0.39, 0.29) is 25.7 Å². The smallest absolute Gasteiger partial charge is 0.462 e. The highest BCUT2D eigenvalue weighted by Crippen LogP contribution is 2.45. The summed E-state index contributed by atoms with van der Waals surface area (Å²) in [5, 5.41) is 10.7. The first kappa shape index (κ1) is 100.0. The van der Waals surface area contributed by atoms with Gasteiger partial charge in [0.2, 0.25) is 0 Å². The third-order valence-electron chi connectivity index (χ3n) is 17.5. The standard InChI is InChI=1S/C85H150O17P2/c1-5-9-13-17-21-25-29-33-37-39-43-46-50-54-58-62-66-70-83(88)96-76-80(101-84(89)71-67-63-59-55-51-47-42-36-32-28-24-20-16-12-8-4)77-99-103(91,92)97-73-79(86)74-98-104(93,94)100-78-81(75-95-82(87)69-65-61-57-53-49-45-41-35-31-27-23-19-15-11-7-3)102-85(90)72-68-64-60-56-52-48-44-40-38-34-30-26-22-18-14-10-6-2/h22-24,26-28,34-36,38,41-42,44,48,56,60,79-81,86H,5-21,25,29-33,37,39-40,43,45-47,49-55,57-59,61-78H2,1-4H3,(H,91,92)(H,93,94)/b26-22-,27-23-,28-24-,38-34-,41-35-,42-36-,48-44-,60-56-/t79-,80+,81+/m0/s1. The van der Waals surface area contributed by atoms with Crippen LogP contribution in [0.4, 0.5) is 0 Å². The summed E-state index contributed by atoms with van der Waals surface area (Å²) >= 11 is 0. The molecule has 0 aromatic heterocycles. The van der Waals surface area contributed by atoms with Crippen molar-refractivity contribution in [1.82, 2.24) is 0 Å². The van der Waals surface area contributed by atoms with Crippen molar-refractivity contribution in [3.63, 3.8) is 0 Å². The van der Waals surface area contributed by atoms with E-state index in [1.807, 2.05) is 12.2 Å². The first-order chi connectivity index (χ1) is 50.7. The van der Waals surface area contributed by atoms with Crippen molar-refractivity contribution in [2.45, 2.75) is 380 Å². The predicted molar refractivity (Wildman–Crippen MR) is 427 cm³/mol. The maximum Gasteiger partial charge on any atom is 0.472 e. The van der Waals surface area contributed by atoms with E-state index in [9.17, 15) is 43.2 Å². The fraction of sp³-hybridized carbons (Fsp3) is 0.765. The minimum Gasteiger partial charge on any atom is -0.462 e.